The van der Waals surface area contributed by atoms with E-state index in [2.05, 4.69) is 10.2 Å². The summed E-state index contributed by atoms with van der Waals surface area (Å²) in [5.41, 5.74) is 0.0896. The first kappa shape index (κ1) is 20.7. The Morgan fingerprint density at radius 1 is 1.10 bits per heavy atom. The van der Waals surface area contributed by atoms with Crippen LogP contribution in [0.15, 0.2) is 42.5 Å². The third kappa shape index (κ3) is 3.65. The van der Waals surface area contributed by atoms with Gasteiger partial charge in [-0.2, -0.15) is 13.2 Å². The van der Waals surface area contributed by atoms with E-state index < -0.39 is 11.7 Å². The molecule has 5 nitrogen and oxygen atoms in total. The molecule has 4 rings (SSSR count). The molecule has 10 heteroatoms. The van der Waals surface area contributed by atoms with Crippen molar-refractivity contribution >= 4 is 29.1 Å². The summed E-state index contributed by atoms with van der Waals surface area (Å²) < 4.78 is 40.2. The zero-order valence-electron chi connectivity index (χ0n) is 15.6. The second kappa shape index (κ2) is 7.59. The first-order chi connectivity index (χ1) is 14.2. The fourth-order valence-electron chi connectivity index (χ4n) is 3.43. The zero-order valence-corrected chi connectivity index (χ0v) is 17.1. The number of benzene rings is 2. The number of aromatic nitrogens is 3. The number of hydrogen-bond acceptors (Lipinski definition) is 3. The van der Waals surface area contributed by atoms with Crippen molar-refractivity contribution in [3.8, 4) is 11.4 Å². The fraction of sp³-hybridized carbons (Fsp3) is 0.250. The largest absolute Gasteiger partial charge is 0.416 e. The van der Waals surface area contributed by atoms with Gasteiger partial charge in [-0.1, -0.05) is 41.4 Å². The molecule has 0 bridgehead atoms. The van der Waals surface area contributed by atoms with E-state index in [1.165, 1.54) is 12.1 Å². The van der Waals surface area contributed by atoms with Crippen LogP contribution in [-0.4, -0.2) is 31.6 Å². The lowest BCUT2D eigenvalue weighted by Crippen LogP contribution is -2.45. The molecule has 0 unspecified atom stereocenters. The number of nitrogens with zero attached hydrogens (tertiary/aromatic N) is 4. The number of carbonyl (C=O) groups is 1. The Balaban J connectivity index is 1.62. The van der Waals surface area contributed by atoms with Crippen LogP contribution in [0, 0.1) is 0 Å². The SMILES string of the molecule is C[C@H]1Cn2c(nnc2-c2ccc(C(F)(F)F)cc2)CN1C(=O)c1cccc(Cl)c1Cl. The first-order valence-corrected chi connectivity index (χ1v) is 9.77. The lowest BCUT2D eigenvalue weighted by molar-refractivity contribution is -0.137. The molecule has 2 heterocycles. The van der Waals surface area contributed by atoms with E-state index >= 15 is 0 Å². The van der Waals surface area contributed by atoms with Crippen LogP contribution in [0.5, 0.6) is 0 Å². The van der Waals surface area contributed by atoms with Gasteiger partial charge >= 0.3 is 6.18 Å². The summed E-state index contributed by atoms with van der Waals surface area (Å²) in [5.74, 6) is 0.716. The standard InChI is InChI=1S/C20H15Cl2F3N4O/c1-11-9-29-16(10-28(11)19(30)14-3-2-4-15(21)17(14)22)26-27-18(29)12-5-7-13(8-6-12)20(23,24)25/h2-8,11H,9-10H2,1H3/t11-/m0/s1. The average Bonchev–Trinajstić information content (AvgIpc) is 3.11. The maximum atomic E-state index is 13.0. The lowest BCUT2D eigenvalue weighted by Gasteiger charge is -2.34. The highest BCUT2D eigenvalue weighted by atomic mass is 35.5. The molecule has 30 heavy (non-hydrogen) atoms. The van der Waals surface area contributed by atoms with E-state index in [9.17, 15) is 18.0 Å². The van der Waals surface area contributed by atoms with Crippen molar-refractivity contribution in [2.24, 2.45) is 0 Å². The van der Waals surface area contributed by atoms with Gasteiger partial charge in [0.1, 0.15) is 0 Å². The topological polar surface area (TPSA) is 51.0 Å². The quantitative estimate of drug-likeness (QED) is 0.526. The van der Waals surface area contributed by atoms with Crippen molar-refractivity contribution in [3.63, 3.8) is 0 Å². The molecular weight excluding hydrogens is 440 g/mol. The molecule has 2 aromatic carbocycles. The van der Waals surface area contributed by atoms with Crippen LogP contribution in [0.3, 0.4) is 0 Å². The fourth-order valence-corrected chi connectivity index (χ4v) is 3.81. The van der Waals surface area contributed by atoms with Crippen molar-refractivity contribution in [3.05, 3.63) is 69.5 Å². The van der Waals surface area contributed by atoms with Gasteiger partial charge in [0, 0.05) is 18.2 Å². The van der Waals surface area contributed by atoms with E-state index in [0.29, 0.717) is 34.3 Å². The molecule has 0 saturated heterocycles. The smallest absolute Gasteiger partial charge is 0.327 e. The number of hydrogen-bond donors (Lipinski definition) is 0. The Morgan fingerprint density at radius 2 is 1.80 bits per heavy atom. The third-order valence-corrected chi connectivity index (χ3v) is 5.85. The highest BCUT2D eigenvalue weighted by Gasteiger charge is 2.33. The third-order valence-electron chi connectivity index (χ3n) is 5.03. The van der Waals surface area contributed by atoms with E-state index in [4.69, 9.17) is 23.2 Å². The van der Waals surface area contributed by atoms with Crippen LogP contribution in [0.2, 0.25) is 10.0 Å². The predicted molar refractivity (Wildman–Crippen MR) is 106 cm³/mol. The number of amides is 1. The van der Waals surface area contributed by atoms with E-state index in [0.717, 1.165) is 12.1 Å². The maximum Gasteiger partial charge on any atom is 0.416 e. The van der Waals surface area contributed by atoms with Gasteiger partial charge in [0.25, 0.3) is 5.91 Å². The zero-order chi connectivity index (χ0) is 21.6. The maximum absolute atomic E-state index is 13.0. The summed E-state index contributed by atoms with van der Waals surface area (Å²) in [7, 11) is 0. The molecule has 1 aromatic heterocycles. The second-order valence-electron chi connectivity index (χ2n) is 7.01. The molecule has 1 atom stereocenters. The van der Waals surface area contributed by atoms with Gasteiger partial charge in [0.2, 0.25) is 0 Å². The Bertz CT molecular complexity index is 1110. The van der Waals surface area contributed by atoms with E-state index in [-0.39, 0.29) is 23.5 Å². The Hall–Kier alpha value is -2.58. The van der Waals surface area contributed by atoms with E-state index in [1.54, 1.807) is 23.1 Å². The molecule has 1 amide bonds. The summed E-state index contributed by atoms with van der Waals surface area (Å²) in [5, 5.41) is 8.76. The van der Waals surface area contributed by atoms with Gasteiger partial charge in [-0.3, -0.25) is 4.79 Å². The second-order valence-corrected chi connectivity index (χ2v) is 7.79. The van der Waals surface area contributed by atoms with Crippen LogP contribution in [0.4, 0.5) is 13.2 Å². The summed E-state index contributed by atoms with van der Waals surface area (Å²) in [6, 6.07) is 9.41. The molecule has 156 valence electrons. The minimum Gasteiger partial charge on any atom is -0.327 e. The minimum atomic E-state index is -4.40. The number of carbonyl (C=O) groups excluding carboxylic acids is 1. The monoisotopic (exact) mass is 454 g/mol. The molecule has 0 radical (unpaired) electrons. The molecule has 0 saturated carbocycles. The van der Waals surface area contributed by atoms with Gasteiger partial charge in [-0.05, 0) is 31.2 Å². The molecule has 1 aliphatic heterocycles. The van der Waals surface area contributed by atoms with Crippen LogP contribution >= 0.6 is 23.2 Å². The molecule has 3 aromatic rings. The van der Waals surface area contributed by atoms with Crippen LogP contribution in [0.25, 0.3) is 11.4 Å². The van der Waals surface area contributed by atoms with Crippen LogP contribution < -0.4 is 0 Å². The summed E-state index contributed by atoms with van der Waals surface area (Å²) in [6.07, 6.45) is -4.40. The summed E-state index contributed by atoms with van der Waals surface area (Å²) >= 11 is 12.2. The Morgan fingerprint density at radius 3 is 2.47 bits per heavy atom. The van der Waals surface area contributed by atoms with Crippen molar-refractivity contribution < 1.29 is 18.0 Å². The first-order valence-electron chi connectivity index (χ1n) is 9.01. The van der Waals surface area contributed by atoms with Gasteiger partial charge in [-0.25, -0.2) is 0 Å². The van der Waals surface area contributed by atoms with Crippen molar-refractivity contribution in [2.75, 3.05) is 0 Å². The van der Waals surface area contributed by atoms with E-state index in [1.807, 2.05) is 11.5 Å². The van der Waals surface area contributed by atoms with Crippen molar-refractivity contribution in [2.45, 2.75) is 32.2 Å². The summed E-state index contributed by atoms with van der Waals surface area (Å²) in [4.78, 5) is 14.6. The minimum absolute atomic E-state index is 0.189. The lowest BCUT2D eigenvalue weighted by atomic mass is 10.1. The number of rotatable bonds is 2. The molecule has 0 aliphatic carbocycles. The van der Waals surface area contributed by atoms with Crippen LogP contribution in [0.1, 0.15) is 28.7 Å². The summed E-state index contributed by atoms with van der Waals surface area (Å²) in [6.45, 7) is 2.45. The van der Waals surface area contributed by atoms with Crippen molar-refractivity contribution in [1.82, 2.24) is 19.7 Å². The Labute approximate surface area is 180 Å². The van der Waals surface area contributed by atoms with Gasteiger partial charge < -0.3 is 9.47 Å². The van der Waals surface area contributed by atoms with Gasteiger partial charge in [-0.15, -0.1) is 10.2 Å². The average molecular weight is 455 g/mol. The highest BCUT2D eigenvalue weighted by Crippen LogP contribution is 2.32. The molecule has 0 N–H and O–H groups in total. The number of halogens is 5. The molecule has 0 fully saturated rings. The highest BCUT2D eigenvalue weighted by molar-refractivity contribution is 6.43. The van der Waals surface area contributed by atoms with Crippen molar-refractivity contribution in [1.29, 1.82) is 0 Å². The van der Waals surface area contributed by atoms with Gasteiger partial charge in [0.05, 0.1) is 27.7 Å². The molecular formula is C20H15Cl2F3N4O. The normalized spacial score (nSPS) is 16.5. The molecule has 1 aliphatic rings. The predicted octanol–water partition coefficient (Wildman–Crippen LogP) is 5.32. The number of alkyl halides is 3. The van der Waals surface area contributed by atoms with Crippen LogP contribution in [-0.2, 0) is 19.3 Å². The molecule has 0 spiro atoms. The Kier molecular flexibility index (Phi) is 5.23. The van der Waals surface area contributed by atoms with Gasteiger partial charge in [0.15, 0.2) is 11.6 Å². The number of fused-ring (bicyclic) bond motifs is 1.